The zero-order valence-corrected chi connectivity index (χ0v) is 5.80. The Bertz CT molecular complexity index is 174. The predicted molar refractivity (Wildman–Crippen MR) is 39.9 cm³/mol. The largest absolute Gasteiger partial charge is 0.402 e. The number of hydrogen-bond donors (Lipinski definition) is 3. The Hall–Kier alpha value is -0.830. The quantitative estimate of drug-likeness (QED) is 0.461. The number of nitrogens with one attached hydrogen (secondary N) is 1. The van der Waals surface area contributed by atoms with Crippen LogP contribution in [0.1, 0.15) is 19.3 Å². The van der Waals surface area contributed by atoms with Crippen LogP contribution in [0.2, 0.25) is 0 Å². The molecule has 0 fully saturated rings. The molecule has 0 radical (unpaired) electrons. The molecule has 0 amide bonds. The summed E-state index contributed by atoms with van der Waals surface area (Å²) in [6.45, 7) is 0. The van der Waals surface area contributed by atoms with E-state index in [1.165, 1.54) is 0 Å². The highest BCUT2D eigenvalue weighted by molar-refractivity contribution is 5.78. The summed E-state index contributed by atoms with van der Waals surface area (Å²) in [6, 6.07) is 0. The molecule has 0 saturated carbocycles. The molecule has 1 aliphatic carbocycles. The van der Waals surface area contributed by atoms with Gasteiger partial charge in [0.05, 0.1) is 6.10 Å². The molecule has 0 aromatic heterocycles. The van der Waals surface area contributed by atoms with Gasteiger partial charge >= 0.3 is 0 Å². The second-order valence-corrected chi connectivity index (χ2v) is 2.53. The molecule has 1 rings (SSSR count). The molecule has 1 unspecified atom stereocenters. The number of nitrogens with two attached hydrogens (primary N) is 1. The maximum atomic E-state index is 9.25. The van der Waals surface area contributed by atoms with E-state index in [0.29, 0.717) is 11.3 Å². The van der Waals surface area contributed by atoms with Crippen molar-refractivity contribution in [3.8, 4) is 0 Å². The first-order valence-corrected chi connectivity index (χ1v) is 3.42. The first kappa shape index (κ1) is 7.28. The van der Waals surface area contributed by atoms with Crippen molar-refractivity contribution in [3.63, 3.8) is 0 Å². The first-order valence-electron chi connectivity index (χ1n) is 3.42. The summed E-state index contributed by atoms with van der Waals surface area (Å²) in [5.41, 5.74) is 6.83. The van der Waals surface area contributed by atoms with Crippen molar-refractivity contribution in [2.24, 2.45) is 5.73 Å². The average molecular weight is 140 g/mol. The molecule has 4 N–H and O–H groups in total. The summed E-state index contributed by atoms with van der Waals surface area (Å²) < 4.78 is 0. The normalized spacial score (nSPS) is 26.7. The lowest BCUT2D eigenvalue weighted by Gasteiger charge is -2.19. The lowest BCUT2D eigenvalue weighted by molar-refractivity contribution is 0.195. The maximum absolute atomic E-state index is 9.25. The molecule has 0 aliphatic heterocycles. The van der Waals surface area contributed by atoms with E-state index < -0.39 is 6.10 Å². The highest BCUT2D eigenvalue weighted by atomic mass is 16.3. The fourth-order valence-corrected chi connectivity index (χ4v) is 1.19. The Morgan fingerprint density at radius 1 is 1.70 bits per heavy atom. The number of hydrogen-bond acceptors (Lipinski definition) is 3. The highest BCUT2D eigenvalue weighted by Gasteiger charge is 2.16. The monoisotopic (exact) mass is 140 g/mol. The van der Waals surface area contributed by atoms with Gasteiger partial charge in [-0.05, 0) is 19.3 Å². The van der Waals surface area contributed by atoms with Gasteiger partial charge in [0.1, 0.15) is 0 Å². The Morgan fingerprint density at radius 2 is 2.40 bits per heavy atom. The molecule has 3 heteroatoms. The molecule has 1 aliphatic rings. The molecule has 56 valence electrons. The van der Waals surface area contributed by atoms with E-state index in [-0.39, 0.29) is 0 Å². The third-order valence-corrected chi connectivity index (χ3v) is 1.81. The SMILES string of the molecule is N=CC1=C(N)CCCC1O. The molecule has 10 heavy (non-hydrogen) atoms. The van der Waals surface area contributed by atoms with Crippen LogP contribution >= 0.6 is 0 Å². The van der Waals surface area contributed by atoms with E-state index in [9.17, 15) is 5.11 Å². The minimum absolute atomic E-state index is 0.494. The van der Waals surface area contributed by atoms with Gasteiger partial charge < -0.3 is 16.2 Å². The number of aliphatic hydroxyl groups excluding tert-OH is 1. The van der Waals surface area contributed by atoms with Crippen LogP contribution < -0.4 is 5.73 Å². The van der Waals surface area contributed by atoms with Crippen LogP contribution in [0.5, 0.6) is 0 Å². The number of allylic oxidation sites excluding steroid dienone is 1. The average Bonchev–Trinajstić information content (AvgIpc) is 1.88. The van der Waals surface area contributed by atoms with Crippen LogP contribution in [0.25, 0.3) is 0 Å². The maximum Gasteiger partial charge on any atom is 0.0821 e. The van der Waals surface area contributed by atoms with Crippen molar-refractivity contribution in [2.45, 2.75) is 25.4 Å². The Kier molecular flexibility index (Phi) is 2.06. The van der Waals surface area contributed by atoms with Crippen LogP contribution in [0.3, 0.4) is 0 Å². The second-order valence-electron chi connectivity index (χ2n) is 2.53. The molecule has 0 saturated heterocycles. The summed E-state index contributed by atoms with van der Waals surface area (Å²) in [7, 11) is 0. The van der Waals surface area contributed by atoms with E-state index in [2.05, 4.69) is 0 Å². The molecule has 0 aromatic rings. The topological polar surface area (TPSA) is 70.1 Å². The van der Waals surface area contributed by atoms with Gasteiger partial charge in [0.25, 0.3) is 0 Å². The van der Waals surface area contributed by atoms with E-state index in [0.717, 1.165) is 25.5 Å². The van der Waals surface area contributed by atoms with Crippen LogP contribution in [-0.4, -0.2) is 17.4 Å². The zero-order valence-electron chi connectivity index (χ0n) is 5.80. The van der Waals surface area contributed by atoms with Gasteiger partial charge in [0.2, 0.25) is 0 Å². The van der Waals surface area contributed by atoms with Crippen molar-refractivity contribution in [1.82, 2.24) is 0 Å². The molecular formula is C7H12N2O. The van der Waals surface area contributed by atoms with Crippen LogP contribution in [0, 0.1) is 5.41 Å². The van der Waals surface area contributed by atoms with E-state index in [1.54, 1.807) is 0 Å². The van der Waals surface area contributed by atoms with Crippen LogP contribution in [0.15, 0.2) is 11.3 Å². The third kappa shape index (κ3) is 1.19. The summed E-state index contributed by atoms with van der Waals surface area (Å²) in [6.07, 6.45) is 3.16. The molecule has 1 atom stereocenters. The van der Waals surface area contributed by atoms with Gasteiger partial charge in [-0.1, -0.05) is 0 Å². The van der Waals surface area contributed by atoms with Crippen molar-refractivity contribution < 1.29 is 5.11 Å². The fourth-order valence-electron chi connectivity index (χ4n) is 1.19. The van der Waals surface area contributed by atoms with E-state index in [4.69, 9.17) is 11.1 Å². The summed E-state index contributed by atoms with van der Waals surface area (Å²) in [5, 5.41) is 16.2. The van der Waals surface area contributed by atoms with Crippen molar-refractivity contribution in [3.05, 3.63) is 11.3 Å². The molecule has 0 aromatic carbocycles. The molecule has 0 bridgehead atoms. The van der Waals surface area contributed by atoms with Gasteiger partial charge in [-0.2, -0.15) is 0 Å². The smallest absolute Gasteiger partial charge is 0.0821 e. The summed E-state index contributed by atoms with van der Waals surface area (Å²) in [4.78, 5) is 0. The first-order chi connectivity index (χ1) is 4.75. The lowest BCUT2D eigenvalue weighted by atomic mass is 9.95. The fraction of sp³-hybridized carbons (Fsp3) is 0.571. The van der Waals surface area contributed by atoms with E-state index in [1.807, 2.05) is 0 Å². The highest BCUT2D eigenvalue weighted by Crippen LogP contribution is 2.19. The Balaban J connectivity index is 2.83. The Labute approximate surface area is 60.1 Å². The predicted octanol–water partition coefficient (Wildman–Crippen LogP) is 0.394. The van der Waals surface area contributed by atoms with Crippen LogP contribution in [-0.2, 0) is 0 Å². The number of rotatable bonds is 1. The van der Waals surface area contributed by atoms with Gasteiger partial charge in [0.15, 0.2) is 0 Å². The molecule has 3 nitrogen and oxygen atoms in total. The van der Waals surface area contributed by atoms with Crippen molar-refractivity contribution >= 4 is 6.21 Å². The minimum atomic E-state index is -0.494. The summed E-state index contributed by atoms with van der Waals surface area (Å²) >= 11 is 0. The van der Waals surface area contributed by atoms with Crippen molar-refractivity contribution in [1.29, 1.82) is 5.41 Å². The van der Waals surface area contributed by atoms with Gasteiger partial charge in [-0.3, -0.25) is 0 Å². The minimum Gasteiger partial charge on any atom is -0.402 e. The Morgan fingerprint density at radius 3 is 2.80 bits per heavy atom. The zero-order chi connectivity index (χ0) is 7.56. The van der Waals surface area contributed by atoms with E-state index >= 15 is 0 Å². The molecule has 0 spiro atoms. The number of aliphatic hydroxyl groups is 1. The van der Waals surface area contributed by atoms with Gasteiger partial charge in [0, 0.05) is 17.5 Å². The van der Waals surface area contributed by atoms with Gasteiger partial charge in [-0.15, -0.1) is 0 Å². The van der Waals surface area contributed by atoms with Crippen LogP contribution in [0.4, 0.5) is 0 Å². The summed E-state index contributed by atoms with van der Waals surface area (Å²) in [5.74, 6) is 0. The lowest BCUT2D eigenvalue weighted by Crippen LogP contribution is -2.21. The molecular weight excluding hydrogens is 128 g/mol. The third-order valence-electron chi connectivity index (χ3n) is 1.81. The second kappa shape index (κ2) is 2.84. The van der Waals surface area contributed by atoms with Crippen molar-refractivity contribution in [2.75, 3.05) is 0 Å². The standard InChI is InChI=1S/C7H12N2O/c8-4-5-6(9)2-1-3-7(5)10/h4,7-8,10H,1-3,9H2. The molecule has 0 heterocycles. The van der Waals surface area contributed by atoms with Gasteiger partial charge in [-0.25, -0.2) is 0 Å².